The van der Waals surface area contributed by atoms with E-state index in [0.29, 0.717) is 39.4 Å². The van der Waals surface area contributed by atoms with Gasteiger partial charge in [0.15, 0.2) is 38.5 Å². The third-order valence-corrected chi connectivity index (χ3v) is 13.4. The molecule has 2 unspecified atom stereocenters. The number of hydrogen-bond donors (Lipinski definition) is 0. The first-order valence-electron chi connectivity index (χ1n) is 19.3. The highest BCUT2D eigenvalue weighted by atomic mass is 35.5. The van der Waals surface area contributed by atoms with Crippen LogP contribution in [-0.4, -0.2) is 68.9 Å². The lowest BCUT2D eigenvalue weighted by Gasteiger charge is -2.42. The summed E-state index contributed by atoms with van der Waals surface area (Å²) in [5.41, 5.74) is -0.160. The fourth-order valence-electron chi connectivity index (χ4n) is 6.94. The summed E-state index contributed by atoms with van der Waals surface area (Å²) in [6, 6.07) is 22.7. The average Bonchev–Trinajstić information content (AvgIpc) is 3.91. The van der Waals surface area contributed by atoms with Gasteiger partial charge in [0.2, 0.25) is 15.0 Å². The Morgan fingerprint density at radius 1 is 0.692 bits per heavy atom. The van der Waals surface area contributed by atoms with E-state index in [2.05, 4.69) is 16.0 Å². The summed E-state index contributed by atoms with van der Waals surface area (Å²) in [6.07, 6.45) is 4.58. The van der Waals surface area contributed by atoms with E-state index in [-0.39, 0.29) is 86.3 Å². The number of nitrogens with zero attached hydrogens (tertiary/aromatic N) is 4. The van der Waals surface area contributed by atoms with Crippen molar-refractivity contribution in [2.45, 2.75) is 48.4 Å². The average molecular weight is 1030 g/mol. The van der Waals surface area contributed by atoms with Crippen molar-refractivity contribution in [1.82, 2.24) is 14.5 Å². The lowest BCUT2D eigenvalue weighted by atomic mass is 9.82. The van der Waals surface area contributed by atoms with Crippen molar-refractivity contribution < 1.29 is 44.9 Å². The molecule has 0 bridgehead atoms. The van der Waals surface area contributed by atoms with E-state index in [1.807, 2.05) is 6.92 Å². The second-order valence-electron chi connectivity index (χ2n) is 14.8. The minimum Gasteiger partial charge on any atom is -0.489 e. The molecule has 2 atom stereocenters. The molecule has 0 radical (unpaired) electrons. The van der Waals surface area contributed by atoms with Crippen LogP contribution in [0.1, 0.15) is 53.1 Å². The molecule has 0 spiro atoms. The van der Waals surface area contributed by atoms with Crippen molar-refractivity contribution >= 4 is 77.7 Å². The predicted molar refractivity (Wildman–Crippen MR) is 247 cm³/mol. The summed E-state index contributed by atoms with van der Waals surface area (Å²) < 4.78 is 86.6. The van der Waals surface area contributed by atoms with E-state index in [1.54, 1.807) is 86.8 Å². The van der Waals surface area contributed by atoms with Crippen LogP contribution in [-0.2, 0) is 55.9 Å². The number of oxazole rings is 1. The Hall–Kier alpha value is -4.70. The summed E-state index contributed by atoms with van der Waals surface area (Å²) in [5.74, 6) is 1.55. The van der Waals surface area contributed by atoms with Gasteiger partial charge < -0.3 is 32.7 Å². The number of ether oxygens (including phenoxy) is 5. The second kappa shape index (κ2) is 20.4. The number of imidazole rings is 1. The summed E-state index contributed by atoms with van der Waals surface area (Å²) in [5, 5.41) is 10.5. The van der Waals surface area contributed by atoms with Crippen LogP contribution in [0.5, 0.6) is 23.0 Å². The smallest absolute Gasteiger partial charge is 0.227 e. The maximum Gasteiger partial charge on any atom is 0.227 e. The number of alkyl halides is 2. The molecule has 6 aromatic rings. The predicted octanol–water partition coefficient (Wildman–Crippen LogP) is 9.68. The zero-order valence-corrected chi connectivity index (χ0v) is 40.8. The van der Waals surface area contributed by atoms with Crippen molar-refractivity contribution in [2.75, 3.05) is 37.5 Å². The Balaban J connectivity index is 1.46. The maximum absolute atomic E-state index is 12.2. The first-order chi connectivity index (χ1) is 30.7. The molecule has 0 aliphatic rings. The first kappa shape index (κ1) is 49.7. The minimum atomic E-state index is -3.67. The summed E-state index contributed by atoms with van der Waals surface area (Å²) in [4.78, 5) is 7.86. The van der Waals surface area contributed by atoms with Gasteiger partial charge in [0, 0.05) is 19.6 Å². The summed E-state index contributed by atoms with van der Waals surface area (Å²) in [7, 11) is -5.64. The van der Waals surface area contributed by atoms with Gasteiger partial charge in [-0.15, -0.1) is 23.2 Å². The van der Waals surface area contributed by atoms with Crippen molar-refractivity contribution in [3.8, 4) is 29.1 Å². The van der Waals surface area contributed by atoms with Crippen LogP contribution >= 0.6 is 58.0 Å². The van der Waals surface area contributed by atoms with Crippen LogP contribution in [0.4, 0.5) is 0 Å². The first-order valence-corrected chi connectivity index (χ1v) is 25.3. The van der Waals surface area contributed by atoms with E-state index >= 15 is 0 Å². The molecule has 2 heterocycles. The molecule has 65 heavy (non-hydrogen) atoms. The van der Waals surface area contributed by atoms with Crippen molar-refractivity contribution in [1.29, 1.82) is 5.26 Å². The summed E-state index contributed by atoms with van der Waals surface area (Å²) >= 11 is 32.4. The summed E-state index contributed by atoms with van der Waals surface area (Å²) in [6.45, 7) is 3.65. The van der Waals surface area contributed by atoms with Gasteiger partial charge in [-0.2, -0.15) is 5.26 Å². The molecule has 0 saturated carbocycles. The molecule has 0 aliphatic carbocycles. The molecule has 4 aromatic carbocycles. The Morgan fingerprint density at radius 3 is 1.66 bits per heavy atom. The zero-order valence-electron chi connectivity index (χ0n) is 35.4. The number of rotatable bonds is 20. The van der Waals surface area contributed by atoms with Gasteiger partial charge in [0.25, 0.3) is 0 Å². The van der Waals surface area contributed by atoms with E-state index in [9.17, 15) is 22.1 Å². The number of nitriles is 1. The molecule has 0 fully saturated rings. The molecule has 14 nitrogen and oxygen atoms in total. The van der Waals surface area contributed by atoms with E-state index < -0.39 is 30.9 Å². The molecule has 344 valence electrons. The van der Waals surface area contributed by atoms with Crippen LogP contribution in [0.2, 0.25) is 15.1 Å². The normalized spacial score (nSPS) is 13.7. The lowest BCUT2D eigenvalue weighted by Crippen LogP contribution is -2.39. The van der Waals surface area contributed by atoms with Crippen LogP contribution < -0.4 is 18.9 Å². The van der Waals surface area contributed by atoms with Gasteiger partial charge in [-0.1, -0.05) is 59.1 Å². The Labute approximate surface area is 401 Å². The van der Waals surface area contributed by atoms with Gasteiger partial charge in [0.1, 0.15) is 55.2 Å². The van der Waals surface area contributed by atoms with Crippen LogP contribution in [0.15, 0.2) is 100.0 Å². The van der Waals surface area contributed by atoms with E-state index in [0.717, 1.165) is 18.9 Å². The van der Waals surface area contributed by atoms with Gasteiger partial charge >= 0.3 is 0 Å². The third-order valence-electron chi connectivity index (χ3n) is 10.2. The quantitative estimate of drug-likeness (QED) is 0.0660. The highest BCUT2D eigenvalue weighted by Crippen LogP contribution is 2.49. The lowest BCUT2D eigenvalue weighted by molar-refractivity contribution is -0.107. The number of aromatic nitrogens is 3. The molecular formula is C44H41Cl5N4O10S2. The molecule has 6 rings (SSSR count). The minimum absolute atomic E-state index is 0.0166. The van der Waals surface area contributed by atoms with Crippen LogP contribution in [0.3, 0.4) is 0 Å². The van der Waals surface area contributed by atoms with Gasteiger partial charge in [-0.25, -0.2) is 26.8 Å². The van der Waals surface area contributed by atoms with Gasteiger partial charge in [-0.3, -0.25) is 0 Å². The highest BCUT2D eigenvalue weighted by molar-refractivity contribution is 7.90. The number of halogens is 5. The second-order valence-corrected chi connectivity index (χ2v) is 20.6. The van der Waals surface area contributed by atoms with Gasteiger partial charge in [-0.05, 0) is 84.6 Å². The molecule has 0 amide bonds. The molecule has 0 saturated heterocycles. The standard InChI is InChI=1S/C44H41Cl5N4O10S2/c1-43(30-18-27(22-50)39(35(47)19-30)58-16-14-45,28-8-12-34(13-9-28)61-25-38-41(52-26-62-38)64(4,54)55)63-44(2,31-20-36(48)40(37(49)21-31)59-17-15-46)29-6-10-33(11-7-29)60-24-32-23-51-42(53(32)3)65(5,56)57/h6-13,18-21,23,26H,14-17,24-25H2,1-5H3. The fourth-order valence-corrected chi connectivity index (χ4v) is 9.58. The molecule has 21 heteroatoms. The number of sulfone groups is 2. The number of benzene rings is 4. The van der Waals surface area contributed by atoms with Crippen molar-refractivity contribution in [2.24, 2.45) is 7.05 Å². The fraction of sp³-hybridized carbons (Fsp3) is 0.295. The Morgan fingerprint density at radius 2 is 1.18 bits per heavy atom. The number of hydrogen-bond acceptors (Lipinski definition) is 13. The monoisotopic (exact) mass is 1020 g/mol. The van der Waals surface area contributed by atoms with Crippen LogP contribution in [0.25, 0.3) is 0 Å². The van der Waals surface area contributed by atoms with Crippen molar-refractivity contribution in [3.63, 3.8) is 0 Å². The highest BCUT2D eigenvalue weighted by Gasteiger charge is 2.43. The molecular weight excluding hydrogens is 986 g/mol. The van der Waals surface area contributed by atoms with Crippen LogP contribution in [0, 0.1) is 11.3 Å². The molecule has 0 aliphatic heterocycles. The SMILES string of the molecule is Cn1c(COc2ccc(C(C)(OC(C)(c3ccc(OCc4ocnc4S(C)(=O)=O)cc3)c3cc(Cl)c(OCCCl)c(C#N)c3)c3cc(Cl)c(OCCCl)c(Cl)c3)cc2)cnc1S(C)(=O)=O. The zero-order chi connectivity index (χ0) is 47.3. The largest absolute Gasteiger partial charge is 0.489 e. The molecule has 0 N–H and O–H groups in total. The molecule has 2 aromatic heterocycles. The van der Waals surface area contributed by atoms with Crippen molar-refractivity contribution in [3.05, 3.63) is 140 Å². The third kappa shape index (κ3) is 11.1. The Kier molecular flexibility index (Phi) is 15.6. The van der Waals surface area contributed by atoms with E-state index in [4.69, 9.17) is 86.1 Å². The Bertz CT molecular complexity index is 2920. The maximum atomic E-state index is 12.2. The topological polar surface area (TPSA) is 182 Å². The van der Waals surface area contributed by atoms with Gasteiger partial charge in [0.05, 0.1) is 44.3 Å². The van der Waals surface area contributed by atoms with E-state index in [1.165, 1.54) is 10.8 Å².